The maximum Gasteiger partial charge on any atom is 0.301 e. The molecule has 3 heterocycles. The molecule has 3 rings (SSSR count). The first-order valence-electron chi connectivity index (χ1n) is 5.37. The third-order valence-electron chi connectivity index (χ3n) is 3.14. The first-order chi connectivity index (χ1) is 8.11. The van der Waals surface area contributed by atoms with Gasteiger partial charge in [-0.15, -0.1) is 12.4 Å². The molecule has 18 heavy (non-hydrogen) atoms. The van der Waals surface area contributed by atoms with Gasteiger partial charge in [0.05, 0.1) is 6.61 Å². The highest BCUT2D eigenvalue weighted by atomic mass is 35.5. The van der Waals surface area contributed by atoms with Gasteiger partial charge in [0.2, 0.25) is 0 Å². The lowest BCUT2D eigenvalue weighted by Crippen LogP contribution is -2.34. The average Bonchev–Trinajstić information content (AvgIpc) is 2.78. The summed E-state index contributed by atoms with van der Waals surface area (Å²) in [7, 11) is 0. The summed E-state index contributed by atoms with van der Waals surface area (Å²) in [4.78, 5) is 3.97. The molecule has 0 amide bonds. The maximum atomic E-state index is 9.87. The Morgan fingerprint density at radius 3 is 2.94 bits per heavy atom. The quantitative estimate of drug-likeness (QED) is 0.617. The lowest BCUT2D eigenvalue weighted by atomic mass is 10.1. The zero-order chi connectivity index (χ0) is 12.2. The molecule has 1 saturated heterocycles. The van der Waals surface area contributed by atoms with Gasteiger partial charge in [-0.3, -0.25) is 9.98 Å². The molecule has 0 radical (unpaired) electrons. The normalized spacial score (nSPS) is 32.4. The minimum atomic E-state index is -0.888. The summed E-state index contributed by atoms with van der Waals surface area (Å²) >= 11 is 0. The predicted molar refractivity (Wildman–Crippen MR) is 61.5 cm³/mol. The molecule has 2 aliphatic heterocycles. The molecule has 4 atom stereocenters. The Bertz CT molecular complexity index is 520. The Morgan fingerprint density at radius 2 is 2.28 bits per heavy atom. The molecule has 7 nitrogen and oxygen atoms in total. The van der Waals surface area contributed by atoms with E-state index in [1.54, 1.807) is 17.7 Å². The van der Waals surface area contributed by atoms with E-state index in [9.17, 15) is 5.11 Å². The summed E-state index contributed by atoms with van der Waals surface area (Å²) in [6, 6.07) is 0.269. The van der Waals surface area contributed by atoms with E-state index in [0.717, 1.165) is 0 Å². The van der Waals surface area contributed by atoms with Gasteiger partial charge in [-0.2, -0.15) is 4.98 Å². The molecule has 1 aromatic heterocycles. The van der Waals surface area contributed by atoms with E-state index in [0.29, 0.717) is 5.56 Å². The Kier molecular flexibility index (Phi) is 3.33. The number of rotatable bonds is 1. The van der Waals surface area contributed by atoms with Crippen LogP contribution in [0.3, 0.4) is 0 Å². The van der Waals surface area contributed by atoms with Crippen molar-refractivity contribution in [3.8, 4) is 6.01 Å². The second-order valence-electron chi connectivity index (χ2n) is 4.28. The topological polar surface area (TPSA) is 101 Å². The lowest BCUT2D eigenvalue weighted by Gasteiger charge is -2.14. The number of aryl methyl sites for hydroxylation is 1. The highest BCUT2D eigenvalue weighted by Crippen LogP contribution is 2.38. The van der Waals surface area contributed by atoms with E-state index in [-0.39, 0.29) is 30.5 Å². The zero-order valence-corrected chi connectivity index (χ0v) is 10.4. The van der Waals surface area contributed by atoms with Crippen LogP contribution in [0.5, 0.6) is 6.01 Å². The number of hydrogen-bond acceptors (Lipinski definition) is 6. The van der Waals surface area contributed by atoms with Crippen molar-refractivity contribution in [2.45, 2.75) is 31.5 Å². The molecule has 0 bridgehead atoms. The van der Waals surface area contributed by atoms with Crippen molar-refractivity contribution < 1.29 is 19.7 Å². The van der Waals surface area contributed by atoms with E-state index in [2.05, 4.69) is 4.98 Å². The Labute approximate surface area is 109 Å². The molecule has 0 spiro atoms. The van der Waals surface area contributed by atoms with Gasteiger partial charge < -0.3 is 19.7 Å². The van der Waals surface area contributed by atoms with Crippen molar-refractivity contribution in [3.63, 3.8) is 0 Å². The second kappa shape index (κ2) is 4.51. The van der Waals surface area contributed by atoms with Crippen LogP contribution >= 0.6 is 12.4 Å². The largest absolute Gasteiger partial charge is 0.454 e. The predicted octanol–water partition coefficient (Wildman–Crippen LogP) is -0.896. The van der Waals surface area contributed by atoms with Crippen LogP contribution in [0.15, 0.2) is 6.20 Å². The van der Waals surface area contributed by atoms with Crippen LogP contribution in [0.2, 0.25) is 0 Å². The van der Waals surface area contributed by atoms with Crippen molar-refractivity contribution >= 4 is 12.4 Å². The average molecular weight is 276 g/mol. The van der Waals surface area contributed by atoms with Gasteiger partial charge in [-0.25, -0.2) is 0 Å². The standard InChI is InChI=1S/C10H13N3O4.ClH/c1-4-2-13-9-7(6(15)5(3-14)16-9)17-10(13)12-8(4)11;/h2,5-7,9,11,14-15H,3H2,1H3;1H/t5-,6-,7-,9+;/m1./s1. The summed E-state index contributed by atoms with van der Waals surface area (Å²) in [5, 5.41) is 26.5. The minimum absolute atomic E-state index is 0. The van der Waals surface area contributed by atoms with Crippen molar-refractivity contribution in [1.82, 2.24) is 9.55 Å². The third-order valence-corrected chi connectivity index (χ3v) is 3.14. The molecule has 0 unspecified atom stereocenters. The van der Waals surface area contributed by atoms with Gasteiger partial charge in [-0.1, -0.05) is 0 Å². The summed E-state index contributed by atoms with van der Waals surface area (Å²) in [6.45, 7) is 1.52. The van der Waals surface area contributed by atoms with Crippen LogP contribution < -0.4 is 10.2 Å². The molecular formula is C10H14ClN3O4. The van der Waals surface area contributed by atoms with Gasteiger partial charge in [-0.05, 0) is 6.92 Å². The maximum absolute atomic E-state index is 9.87. The molecule has 2 aliphatic rings. The third kappa shape index (κ3) is 1.71. The monoisotopic (exact) mass is 275 g/mol. The van der Waals surface area contributed by atoms with E-state index in [1.807, 2.05) is 0 Å². The molecule has 0 aromatic carbocycles. The summed E-state index contributed by atoms with van der Waals surface area (Å²) in [6.07, 6.45) is -0.866. The first-order valence-corrected chi connectivity index (χ1v) is 5.37. The molecule has 100 valence electrons. The number of aromatic nitrogens is 2. The highest BCUT2D eigenvalue weighted by Gasteiger charge is 2.50. The Hall–Kier alpha value is -1.15. The summed E-state index contributed by atoms with van der Waals surface area (Å²) in [5.41, 5.74) is 0.841. The van der Waals surface area contributed by atoms with Gasteiger partial charge in [0.25, 0.3) is 0 Å². The van der Waals surface area contributed by atoms with Crippen LogP contribution in [-0.2, 0) is 4.74 Å². The lowest BCUT2D eigenvalue weighted by molar-refractivity contribution is -0.0435. The number of fused-ring (bicyclic) bond motifs is 3. The second-order valence-corrected chi connectivity index (χ2v) is 4.28. The number of halogens is 1. The number of nitrogens with zero attached hydrogens (tertiary/aromatic N) is 2. The number of aliphatic hydroxyl groups is 2. The van der Waals surface area contributed by atoms with E-state index in [1.165, 1.54) is 0 Å². The van der Waals surface area contributed by atoms with Crippen molar-refractivity contribution in [2.75, 3.05) is 6.61 Å². The minimum Gasteiger partial charge on any atom is -0.454 e. The fourth-order valence-corrected chi connectivity index (χ4v) is 2.18. The molecule has 1 fully saturated rings. The van der Waals surface area contributed by atoms with Gasteiger partial charge in [0.1, 0.15) is 12.2 Å². The molecule has 3 N–H and O–H groups in total. The van der Waals surface area contributed by atoms with Crippen LogP contribution in [0.4, 0.5) is 0 Å². The van der Waals surface area contributed by atoms with E-state index >= 15 is 0 Å². The van der Waals surface area contributed by atoms with Gasteiger partial charge in [0.15, 0.2) is 17.8 Å². The first kappa shape index (κ1) is 13.3. The molecule has 1 aromatic rings. The smallest absolute Gasteiger partial charge is 0.301 e. The number of hydrogen-bond donors (Lipinski definition) is 3. The van der Waals surface area contributed by atoms with E-state index < -0.39 is 24.5 Å². The SMILES string of the molecule is Cc1cn2c(nc1=N)O[C@@H]1[C@H](O)[C@@H](CO)O[C@@H]12.Cl. The Morgan fingerprint density at radius 1 is 1.56 bits per heavy atom. The summed E-state index contributed by atoms with van der Waals surface area (Å²) in [5.74, 6) is 0. The van der Waals surface area contributed by atoms with Gasteiger partial charge >= 0.3 is 6.01 Å². The number of ether oxygens (including phenoxy) is 2. The van der Waals surface area contributed by atoms with E-state index in [4.69, 9.17) is 20.0 Å². The number of aliphatic hydroxyl groups excluding tert-OH is 2. The van der Waals surface area contributed by atoms with Crippen LogP contribution in [0.1, 0.15) is 11.8 Å². The van der Waals surface area contributed by atoms with Crippen LogP contribution in [0, 0.1) is 12.3 Å². The van der Waals surface area contributed by atoms with Gasteiger partial charge in [0, 0.05) is 11.8 Å². The fraction of sp³-hybridized carbons (Fsp3) is 0.600. The molecule has 0 saturated carbocycles. The zero-order valence-electron chi connectivity index (χ0n) is 9.61. The molecule has 8 heteroatoms. The van der Waals surface area contributed by atoms with Crippen LogP contribution in [0.25, 0.3) is 0 Å². The molecule has 0 aliphatic carbocycles. The van der Waals surface area contributed by atoms with Crippen molar-refractivity contribution in [1.29, 1.82) is 5.41 Å². The van der Waals surface area contributed by atoms with Crippen molar-refractivity contribution in [3.05, 3.63) is 17.2 Å². The van der Waals surface area contributed by atoms with Crippen LogP contribution in [-0.4, -0.2) is 44.7 Å². The fourth-order valence-electron chi connectivity index (χ4n) is 2.18. The Balaban J connectivity index is 0.00000120. The molecular weight excluding hydrogens is 262 g/mol. The highest BCUT2D eigenvalue weighted by molar-refractivity contribution is 5.85. The number of nitrogens with one attached hydrogen (secondary N) is 1. The summed E-state index contributed by atoms with van der Waals surface area (Å²) < 4.78 is 12.6. The van der Waals surface area contributed by atoms with Crippen molar-refractivity contribution in [2.24, 2.45) is 0 Å².